The van der Waals surface area contributed by atoms with Gasteiger partial charge in [0.25, 0.3) is 11.1 Å². The van der Waals surface area contributed by atoms with E-state index in [1.807, 2.05) is 0 Å². The SMILES string of the molecule is O=C(CN1C(=O)S/C(=C/c2cccc(C(=O)O)c2)C1=O)Nc1ccc(F)cc1. The van der Waals surface area contributed by atoms with Gasteiger partial charge in [-0.3, -0.25) is 19.3 Å². The van der Waals surface area contributed by atoms with Crippen molar-refractivity contribution in [2.24, 2.45) is 0 Å². The first kappa shape index (κ1) is 19.3. The van der Waals surface area contributed by atoms with E-state index < -0.39 is 35.4 Å². The molecule has 0 saturated carbocycles. The fourth-order valence-electron chi connectivity index (χ4n) is 2.43. The number of carboxylic acids is 1. The number of imide groups is 1. The molecule has 0 aromatic heterocycles. The van der Waals surface area contributed by atoms with Crippen molar-refractivity contribution in [2.45, 2.75) is 0 Å². The van der Waals surface area contributed by atoms with Gasteiger partial charge in [-0.2, -0.15) is 0 Å². The average Bonchev–Trinajstić information content (AvgIpc) is 2.91. The largest absolute Gasteiger partial charge is 0.478 e. The third-order valence-electron chi connectivity index (χ3n) is 3.73. The van der Waals surface area contributed by atoms with Gasteiger partial charge in [0, 0.05) is 5.69 Å². The zero-order valence-electron chi connectivity index (χ0n) is 14.2. The normalized spacial score (nSPS) is 15.2. The number of carbonyl (C=O) groups is 4. The van der Waals surface area contributed by atoms with E-state index in [-0.39, 0.29) is 10.5 Å². The summed E-state index contributed by atoms with van der Waals surface area (Å²) in [4.78, 5) is 48.5. The van der Waals surface area contributed by atoms with Gasteiger partial charge in [-0.05, 0) is 59.8 Å². The van der Waals surface area contributed by atoms with Gasteiger partial charge >= 0.3 is 5.97 Å². The molecule has 0 atom stereocenters. The summed E-state index contributed by atoms with van der Waals surface area (Å²) in [5.74, 6) is -2.82. The van der Waals surface area contributed by atoms with Crippen LogP contribution in [0, 0.1) is 5.82 Å². The van der Waals surface area contributed by atoms with Crippen LogP contribution in [-0.2, 0) is 9.59 Å². The molecule has 1 heterocycles. The molecule has 2 N–H and O–H groups in total. The van der Waals surface area contributed by atoms with Gasteiger partial charge < -0.3 is 10.4 Å². The lowest BCUT2D eigenvalue weighted by Crippen LogP contribution is -2.36. The molecule has 1 aliphatic heterocycles. The smallest absolute Gasteiger partial charge is 0.335 e. The van der Waals surface area contributed by atoms with Crippen molar-refractivity contribution in [2.75, 3.05) is 11.9 Å². The van der Waals surface area contributed by atoms with Gasteiger partial charge in [-0.15, -0.1) is 0 Å². The van der Waals surface area contributed by atoms with Crippen LogP contribution in [-0.4, -0.2) is 39.6 Å². The quantitative estimate of drug-likeness (QED) is 0.747. The molecule has 0 radical (unpaired) electrons. The van der Waals surface area contributed by atoms with E-state index in [2.05, 4.69) is 5.32 Å². The Kier molecular flexibility index (Phi) is 5.55. The Balaban J connectivity index is 1.71. The molecule has 1 aliphatic rings. The second-order valence-electron chi connectivity index (χ2n) is 5.75. The summed E-state index contributed by atoms with van der Waals surface area (Å²) in [6.07, 6.45) is 1.40. The minimum atomic E-state index is -1.11. The Labute approximate surface area is 162 Å². The summed E-state index contributed by atoms with van der Waals surface area (Å²) in [5, 5.41) is 10.9. The van der Waals surface area contributed by atoms with Crippen molar-refractivity contribution in [3.63, 3.8) is 0 Å². The number of rotatable bonds is 5. The third-order valence-corrected chi connectivity index (χ3v) is 4.64. The molecule has 7 nitrogen and oxygen atoms in total. The van der Waals surface area contributed by atoms with E-state index in [0.717, 1.165) is 4.90 Å². The van der Waals surface area contributed by atoms with Crippen LogP contribution in [0.2, 0.25) is 0 Å². The van der Waals surface area contributed by atoms with Gasteiger partial charge in [-0.1, -0.05) is 12.1 Å². The molecule has 0 aliphatic carbocycles. The third kappa shape index (κ3) is 4.44. The Morgan fingerprint density at radius 2 is 1.86 bits per heavy atom. The number of halogens is 1. The number of amides is 3. The molecule has 0 unspecified atom stereocenters. The highest BCUT2D eigenvalue weighted by atomic mass is 32.2. The van der Waals surface area contributed by atoms with Gasteiger partial charge in [0.1, 0.15) is 12.4 Å². The van der Waals surface area contributed by atoms with E-state index in [4.69, 9.17) is 5.11 Å². The summed E-state index contributed by atoms with van der Waals surface area (Å²) < 4.78 is 12.9. The predicted molar refractivity (Wildman–Crippen MR) is 101 cm³/mol. The van der Waals surface area contributed by atoms with Crippen LogP contribution in [0.4, 0.5) is 14.9 Å². The van der Waals surface area contributed by atoms with E-state index in [0.29, 0.717) is 23.0 Å². The summed E-state index contributed by atoms with van der Waals surface area (Å²) in [6, 6.07) is 11.0. The zero-order chi connectivity index (χ0) is 20.3. The fraction of sp³-hybridized carbons (Fsp3) is 0.0526. The van der Waals surface area contributed by atoms with Gasteiger partial charge in [0.2, 0.25) is 5.91 Å². The highest BCUT2D eigenvalue weighted by Gasteiger charge is 2.36. The standard InChI is InChI=1S/C19H13FN2O5S/c20-13-4-6-14(7-5-13)21-16(23)10-22-17(24)15(28-19(22)27)9-11-2-1-3-12(8-11)18(25)26/h1-9H,10H2,(H,21,23)(H,25,26)/b15-9+. The van der Waals surface area contributed by atoms with Crippen LogP contribution < -0.4 is 5.32 Å². The number of anilines is 1. The van der Waals surface area contributed by atoms with E-state index in [1.54, 1.807) is 6.07 Å². The molecule has 0 bridgehead atoms. The number of hydrogen-bond acceptors (Lipinski definition) is 5. The summed E-state index contributed by atoms with van der Waals surface area (Å²) >= 11 is 0.663. The summed E-state index contributed by atoms with van der Waals surface area (Å²) in [7, 11) is 0. The lowest BCUT2D eigenvalue weighted by Gasteiger charge is -2.12. The lowest BCUT2D eigenvalue weighted by molar-refractivity contribution is -0.127. The molecule has 1 fully saturated rings. The van der Waals surface area contributed by atoms with Crippen LogP contribution in [0.5, 0.6) is 0 Å². The molecular formula is C19H13FN2O5S. The topological polar surface area (TPSA) is 104 Å². The molecule has 2 aromatic rings. The van der Waals surface area contributed by atoms with Crippen LogP contribution in [0.1, 0.15) is 15.9 Å². The number of nitrogens with one attached hydrogen (secondary N) is 1. The minimum absolute atomic E-state index is 0.0478. The maximum absolute atomic E-state index is 12.9. The maximum Gasteiger partial charge on any atom is 0.335 e. The molecule has 2 aromatic carbocycles. The zero-order valence-corrected chi connectivity index (χ0v) is 15.0. The highest BCUT2D eigenvalue weighted by molar-refractivity contribution is 8.18. The van der Waals surface area contributed by atoms with E-state index in [9.17, 15) is 23.6 Å². The highest BCUT2D eigenvalue weighted by Crippen LogP contribution is 2.32. The molecule has 9 heteroatoms. The average molecular weight is 400 g/mol. The lowest BCUT2D eigenvalue weighted by atomic mass is 10.1. The number of nitrogens with zero attached hydrogens (tertiary/aromatic N) is 1. The molecule has 142 valence electrons. The predicted octanol–water partition coefficient (Wildman–Crippen LogP) is 3.20. The van der Waals surface area contributed by atoms with Crippen molar-refractivity contribution >= 4 is 46.5 Å². The first-order valence-electron chi connectivity index (χ1n) is 7.97. The van der Waals surface area contributed by atoms with Crippen LogP contribution in [0.3, 0.4) is 0 Å². The van der Waals surface area contributed by atoms with Crippen LogP contribution in [0.15, 0.2) is 53.4 Å². The summed E-state index contributed by atoms with van der Waals surface area (Å²) in [6.45, 7) is -0.492. The molecule has 3 rings (SSSR count). The Hall–Kier alpha value is -3.46. The Morgan fingerprint density at radius 3 is 2.54 bits per heavy atom. The second-order valence-corrected chi connectivity index (χ2v) is 6.75. The fourth-order valence-corrected chi connectivity index (χ4v) is 3.26. The summed E-state index contributed by atoms with van der Waals surface area (Å²) in [5.41, 5.74) is 0.826. The van der Waals surface area contributed by atoms with Crippen molar-refractivity contribution in [3.05, 3.63) is 70.4 Å². The van der Waals surface area contributed by atoms with Gasteiger partial charge in [-0.25, -0.2) is 9.18 Å². The minimum Gasteiger partial charge on any atom is -0.478 e. The van der Waals surface area contributed by atoms with E-state index >= 15 is 0 Å². The maximum atomic E-state index is 12.9. The number of hydrogen-bond donors (Lipinski definition) is 2. The van der Waals surface area contributed by atoms with Gasteiger partial charge in [0.15, 0.2) is 0 Å². The first-order chi connectivity index (χ1) is 13.3. The number of carbonyl (C=O) groups excluding carboxylic acids is 3. The van der Waals surface area contributed by atoms with Crippen molar-refractivity contribution in [1.82, 2.24) is 4.90 Å². The van der Waals surface area contributed by atoms with E-state index in [1.165, 1.54) is 48.5 Å². The van der Waals surface area contributed by atoms with Crippen molar-refractivity contribution in [3.8, 4) is 0 Å². The van der Waals surface area contributed by atoms with Gasteiger partial charge in [0.05, 0.1) is 10.5 Å². The monoisotopic (exact) mass is 400 g/mol. The Bertz CT molecular complexity index is 1000. The first-order valence-corrected chi connectivity index (χ1v) is 8.79. The number of benzene rings is 2. The molecule has 0 spiro atoms. The second kappa shape index (κ2) is 8.05. The molecule has 3 amide bonds. The number of thioether (sulfide) groups is 1. The van der Waals surface area contributed by atoms with Crippen molar-refractivity contribution in [1.29, 1.82) is 0 Å². The van der Waals surface area contributed by atoms with Crippen LogP contribution in [0.25, 0.3) is 6.08 Å². The Morgan fingerprint density at radius 1 is 1.14 bits per heavy atom. The molecule has 28 heavy (non-hydrogen) atoms. The van der Waals surface area contributed by atoms with Crippen LogP contribution >= 0.6 is 11.8 Å². The molecule has 1 saturated heterocycles. The number of carboxylic acid groups (broad SMARTS) is 1. The molecular weight excluding hydrogens is 387 g/mol. The van der Waals surface area contributed by atoms with Crippen molar-refractivity contribution < 1.29 is 28.7 Å². The number of aromatic carboxylic acids is 1.